The van der Waals surface area contributed by atoms with Crippen molar-refractivity contribution in [2.75, 3.05) is 32.7 Å². The van der Waals surface area contributed by atoms with E-state index in [0.717, 1.165) is 0 Å². The van der Waals surface area contributed by atoms with E-state index in [-0.39, 0.29) is 18.2 Å². The van der Waals surface area contributed by atoms with Crippen LogP contribution in [0.4, 0.5) is 8.78 Å². The molecule has 1 saturated heterocycles. The van der Waals surface area contributed by atoms with E-state index in [9.17, 15) is 18.4 Å². The van der Waals surface area contributed by atoms with Crippen molar-refractivity contribution in [1.82, 2.24) is 9.80 Å². The van der Waals surface area contributed by atoms with Crippen LogP contribution in [-0.4, -0.2) is 60.9 Å². The van der Waals surface area contributed by atoms with Crippen LogP contribution in [-0.2, 0) is 4.79 Å². The van der Waals surface area contributed by atoms with Crippen LogP contribution in [0.25, 0.3) is 0 Å². The number of primary amides is 1. The molecule has 6 nitrogen and oxygen atoms in total. The van der Waals surface area contributed by atoms with Crippen molar-refractivity contribution in [3.05, 3.63) is 29.8 Å². The molecular formula is C14H17F2N3O3. The van der Waals surface area contributed by atoms with Gasteiger partial charge in [-0.05, 0) is 24.3 Å². The standard InChI is InChI=1S/C14H17F2N3O3/c15-14(16)22-11-3-1-10(2-4-11)13(21)19-7-5-18(6-8-19)9-12(17)20/h1-4,14H,5-9H2,(H2,17,20). The SMILES string of the molecule is NC(=O)CN1CCN(C(=O)c2ccc(OC(F)F)cc2)CC1. The maximum Gasteiger partial charge on any atom is 0.387 e. The first kappa shape index (κ1) is 16.2. The molecule has 2 rings (SSSR count). The van der Waals surface area contributed by atoms with Gasteiger partial charge in [0.1, 0.15) is 5.75 Å². The van der Waals surface area contributed by atoms with Gasteiger partial charge < -0.3 is 15.4 Å². The van der Waals surface area contributed by atoms with Crippen molar-refractivity contribution in [2.24, 2.45) is 5.73 Å². The summed E-state index contributed by atoms with van der Waals surface area (Å²) in [5, 5.41) is 0. The van der Waals surface area contributed by atoms with E-state index < -0.39 is 12.5 Å². The molecule has 0 bridgehead atoms. The topological polar surface area (TPSA) is 75.9 Å². The molecule has 120 valence electrons. The van der Waals surface area contributed by atoms with Crippen LogP contribution in [0.15, 0.2) is 24.3 Å². The van der Waals surface area contributed by atoms with Crippen molar-refractivity contribution in [3.8, 4) is 5.75 Å². The third kappa shape index (κ3) is 4.39. The van der Waals surface area contributed by atoms with Crippen LogP contribution in [0, 0.1) is 0 Å². The zero-order valence-corrected chi connectivity index (χ0v) is 11.9. The van der Waals surface area contributed by atoms with E-state index in [4.69, 9.17) is 5.73 Å². The number of hydrogen-bond acceptors (Lipinski definition) is 4. The maximum absolute atomic E-state index is 12.3. The van der Waals surface area contributed by atoms with Gasteiger partial charge in [-0.2, -0.15) is 8.78 Å². The lowest BCUT2D eigenvalue weighted by molar-refractivity contribution is -0.119. The fourth-order valence-electron chi connectivity index (χ4n) is 2.29. The molecule has 2 amide bonds. The molecule has 1 aromatic rings. The molecule has 1 aromatic carbocycles. The first-order chi connectivity index (χ1) is 10.5. The molecule has 1 aliphatic rings. The van der Waals surface area contributed by atoms with Gasteiger partial charge in [-0.1, -0.05) is 0 Å². The number of alkyl halides is 2. The van der Waals surface area contributed by atoms with Crippen molar-refractivity contribution in [3.63, 3.8) is 0 Å². The number of rotatable bonds is 5. The van der Waals surface area contributed by atoms with Gasteiger partial charge in [-0.25, -0.2) is 0 Å². The molecule has 0 unspecified atom stereocenters. The average molecular weight is 313 g/mol. The molecule has 1 heterocycles. The van der Waals surface area contributed by atoms with Gasteiger partial charge in [-0.3, -0.25) is 14.5 Å². The molecule has 8 heteroatoms. The van der Waals surface area contributed by atoms with Crippen LogP contribution >= 0.6 is 0 Å². The summed E-state index contributed by atoms with van der Waals surface area (Å²) in [6.45, 7) is -0.590. The minimum absolute atomic E-state index is 0.0119. The smallest absolute Gasteiger partial charge is 0.387 e. The highest BCUT2D eigenvalue weighted by atomic mass is 19.3. The second kappa shape index (κ2) is 7.17. The predicted molar refractivity (Wildman–Crippen MR) is 74.6 cm³/mol. The summed E-state index contributed by atoms with van der Waals surface area (Å²) in [5.41, 5.74) is 5.54. The molecule has 0 spiro atoms. The molecule has 0 radical (unpaired) electrons. The Labute approximate surface area is 126 Å². The van der Waals surface area contributed by atoms with Crippen molar-refractivity contribution >= 4 is 11.8 Å². The number of nitrogens with zero attached hydrogens (tertiary/aromatic N) is 2. The number of benzene rings is 1. The predicted octanol–water partition coefficient (Wildman–Crippen LogP) is 0.531. The van der Waals surface area contributed by atoms with Crippen molar-refractivity contribution < 1.29 is 23.1 Å². The van der Waals surface area contributed by atoms with Crippen LogP contribution in [0.2, 0.25) is 0 Å². The van der Waals surface area contributed by atoms with Crippen LogP contribution in [0.3, 0.4) is 0 Å². The molecule has 2 N–H and O–H groups in total. The molecular weight excluding hydrogens is 296 g/mol. The van der Waals surface area contributed by atoms with E-state index in [0.29, 0.717) is 31.7 Å². The highest BCUT2D eigenvalue weighted by Crippen LogP contribution is 2.16. The average Bonchev–Trinajstić information content (AvgIpc) is 2.47. The van der Waals surface area contributed by atoms with Crippen LogP contribution < -0.4 is 10.5 Å². The zero-order chi connectivity index (χ0) is 16.1. The number of nitrogens with two attached hydrogens (primary N) is 1. The Hall–Kier alpha value is -2.22. The lowest BCUT2D eigenvalue weighted by Gasteiger charge is -2.34. The van der Waals surface area contributed by atoms with Gasteiger partial charge >= 0.3 is 6.61 Å². The first-order valence-electron chi connectivity index (χ1n) is 6.80. The molecule has 1 fully saturated rings. The number of hydrogen-bond donors (Lipinski definition) is 1. The number of carbonyl (C=O) groups excluding carboxylic acids is 2. The minimum atomic E-state index is -2.89. The minimum Gasteiger partial charge on any atom is -0.435 e. The second-order valence-electron chi connectivity index (χ2n) is 4.94. The molecule has 22 heavy (non-hydrogen) atoms. The van der Waals surface area contributed by atoms with Crippen LogP contribution in [0.5, 0.6) is 5.75 Å². The van der Waals surface area contributed by atoms with Crippen molar-refractivity contribution in [1.29, 1.82) is 0 Å². The summed E-state index contributed by atoms with van der Waals surface area (Å²) in [5.74, 6) is -0.561. The fraction of sp³-hybridized carbons (Fsp3) is 0.429. The Morgan fingerprint density at radius 2 is 1.73 bits per heavy atom. The Kier molecular flexibility index (Phi) is 5.26. The van der Waals surface area contributed by atoms with Gasteiger partial charge in [0.05, 0.1) is 6.54 Å². The highest BCUT2D eigenvalue weighted by Gasteiger charge is 2.22. The monoisotopic (exact) mass is 313 g/mol. The number of carbonyl (C=O) groups is 2. The second-order valence-corrected chi connectivity index (χ2v) is 4.94. The normalized spacial score (nSPS) is 15.9. The third-order valence-electron chi connectivity index (χ3n) is 3.37. The largest absolute Gasteiger partial charge is 0.435 e. The molecule has 0 aromatic heterocycles. The number of ether oxygens (including phenoxy) is 1. The van der Waals surface area contributed by atoms with Gasteiger partial charge in [-0.15, -0.1) is 0 Å². The highest BCUT2D eigenvalue weighted by molar-refractivity contribution is 5.94. The Morgan fingerprint density at radius 1 is 1.14 bits per heavy atom. The third-order valence-corrected chi connectivity index (χ3v) is 3.37. The van der Waals surface area contributed by atoms with Crippen LogP contribution in [0.1, 0.15) is 10.4 Å². The summed E-state index contributed by atoms with van der Waals surface area (Å²) < 4.78 is 28.4. The Bertz CT molecular complexity index is 529. The van der Waals surface area contributed by atoms with E-state index in [2.05, 4.69) is 4.74 Å². The summed E-state index contributed by atoms with van der Waals surface area (Å²) >= 11 is 0. The summed E-state index contributed by atoms with van der Waals surface area (Å²) in [6.07, 6.45) is 0. The van der Waals surface area contributed by atoms with E-state index in [1.807, 2.05) is 4.90 Å². The first-order valence-corrected chi connectivity index (χ1v) is 6.80. The molecule has 0 saturated carbocycles. The molecule has 0 aliphatic carbocycles. The summed E-state index contributed by atoms with van der Waals surface area (Å²) in [7, 11) is 0. The van der Waals surface area contributed by atoms with Gasteiger partial charge in [0.25, 0.3) is 5.91 Å². The summed E-state index contributed by atoms with van der Waals surface area (Å²) in [4.78, 5) is 26.7. The number of halogens is 2. The molecule has 0 atom stereocenters. The van der Waals surface area contributed by atoms with E-state index in [1.165, 1.54) is 24.3 Å². The van der Waals surface area contributed by atoms with E-state index >= 15 is 0 Å². The Balaban J connectivity index is 1.91. The quantitative estimate of drug-likeness (QED) is 0.860. The number of amides is 2. The van der Waals surface area contributed by atoms with Gasteiger partial charge in [0.2, 0.25) is 5.91 Å². The van der Waals surface area contributed by atoms with Gasteiger partial charge in [0.15, 0.2) is 0 Å². The summed E-state index contributed by atoms with van der Waals surface area (Å²) in [6, 6.07) is 5.58. The maximum atomic E-state index is 12.3. The lowest BCUT2D eigenvalue weighted by Crippen LogP contribution is -2.50. The Morgan fingerprint density at radius 3 is 2.23 bits per heavy atom. The van der Waals surface area contributed by atoms with E-state index in [1.54, 1.807) is 4.90 Å². The number of piperazine rings is 1. The lowest BCUT2D eigenvalue weighted by atomic mass is 10.1. The fourth-order valence-corrected chi connectivity index (χ4v) is 2.29. The molecule has 1 aliphatic heterocycles. The van der Waals surface area contributed by atoms with Crippen molar-refractivity contribution in [2.45, 2.75) is 6.61 Å². The zero-order valence-electron chi connectivity index (χ0n) is 11.9. The van der Waals surface area contributed by atoms with Gasteiger partial charge in [0, 0.05) is 31.7 Å².